The molecule has 3 nitrogen and oxygen atoms in total. The predicted octanol–water partition coefficient (Wildman–Crippen LogP) is 2.75. The van der Waals surface area contributed by atoms with Gasteiger partial charge in [0.1, 0.15) is 5.82 Å². The number of likely N-dealkylation sites (N-methyl/N-ethyl adjacent to an activating group) is 1. The maximum atomic E-state index is 14.1. The number of rotatable bonds is 8. The number of nitrogens with zero attached hydrogens (tertiary/aromatic N) is 2. The Bertz CT molecular complexity index is 392. The Hall–Kier alpha value is -0.680. The third-order valence-corrected chi connectivity index (χ3v) is 3.78. The Morgan fingerprint density at radius 1 is 1.30 bits per heavy atom. The summed E-state index contributed by atoms with van der Waals surface area (Å²) >= 11 is 6.16. The second kappa shape index (κ2) is 8.57. The molecule has 0 aromatic heterocycles. The lowest BCUT2D eigenvalue weighted by Gasteiger charge is -2.31. The summed E-state index contributed by atoms with van der Waals surface area (Å²) in [6.45, 7) is 5.11. The van der Waals surface area contributed by atoms with E-state index in [0.717, 1.165) is 26.1 Å². The Kier molecular flexibility index (Phi) is 7.45. The lowest BCUT2D eigenvalue weighted by atomic mass is 10.0. The minimum absolute atomic E-state index is 0.170. The van der Waals surface area contributed by atoms with Crippen molar-refractivity contribution in [1.82, 2.24) is 9.80 Å². The van der Waals surface area contributed by atoms with Crippen LogP contribution in [0.25, 0.3) is 0 Å². The molecule has 1 aromatic rings. The molecule has 1 aromatic carbocycles. The van der Waals surface area contributed by atoms with Crippen LogP contribution in [-0.2, 0) is 0 Å². The average molecular weight is 302 g/mol. The average Bonchev–Trinajstić information content (AvgIpc) is 2.40. The summed E-state index contributed by atoms with van der Waals surface area (Å²) in [6.07, 6.45) is 1.02. The van der Waals surface area contributed by atoms with E-state index in [-0.39, 0.29) is 11.9 Å². The largest absolute Gasteiger partial charge is 0.329 e. The molecule has 20 heavy (non-hydrogen) atoms. The van der Waals surface area contributed by atoms with Crippen LogP contribution in [0.15, 0.2) is 18.2 Å². The Labute approximate surface area is 126 Å². The molecule has 0 radical (unpaired) electrons. The summed E-state index contributed by atoms with van der Waals surface area (Å²) in [5, 5.41) is 0.450. The van der Waals surface area contributed by atoms with Crippen molar-refractivity contribution < 1.29 is 4.39 Å². The summed E-state index contributed by atoms with van der Waals surface area (Å²) in [6, 6.07) is 4.61. The van der Waals surface area contributed by atoms with E-state index in [0.29, 0.717) is 17.1 Å². The topological polar surface area (TPSA) is 32.5 Å². The van der Waals surface area contributed by atoms with Crippen LogP contribution in [0, 0.1) is 5.82 Å². The van der Waals surface area contributed by atoms with Crippen molar-refractivity contribution in [3.8, 4) is 0 Å². The lowest BCUT2D eigenvalue weighted by Crippen LogP contribution is -2.36. The van der Waals surface area contributed by atoms with E-state index in [2.05, 4.69) is 16.7 Å². The Morgan fingerprint density at radius 3 is 2.50 bits per heavy atom. The molecule has 0 aliphatic rings. The van der Waals surface area contributed by atoms with Crippen LogP contribution in [0.4, 0.5) is 4.39 Å². The molecule has 0 spiro atoms. The molecule has 5 heteroatoms. The number of nitrogens with two attached hydrogens (primary N) is 1. The van der Waals surface area contributed by atoms with Crippen molar-refractivity contribution in [1.29, 1.82) is 0 Å². The Morgan fingerprint density at radius 2 is 2.00 bits per heavy atom. The number of halogens is 2. The van der Waals surface area contributed by atoms with Crippen LogP contribution in [0.2, 0.25) is 5.02 Å². The molecule has 1 unspecified atom stereocenters. The molecule has 0 amide bonds. The summed E-state index contributed by atoms with van der Waals surface area (Å²) in [5.41, 5.74) is 6.39. The summed E-state index contributed by atoms with van der Waals surface area (Å²) in [5.74, 6) is -0.279. The molecule has 0 saturated carbocycles. The first-order valence-electron chi connectivity index (χ1n) is 7.04. The minimum Gasteiger partial charge on any atom is -0.329 e. The third-order valence-electron chi connectivity index (χ3n) is 3.45. The van der Waals surface area contributed by atoms with Gasteiger partial charge < -0.3 is 10.6 Å². The number of hydrogen-bond donors (Lipinski definition) is 1. The normalized spacial score (nSPS) is 13.2. The fraction of sp³-hybridized carbons (Fsp3) is 0.600. The van der Waals surface area contributed by atoms with Crippen molar-refractivity contribution in [2.24, 2.45) is 5.73 Å². The molecule has 0 aliphatic carbocycles. The number of benzene rings is 1. The smallest absolute Gasteiger partial charge is 0.129 e. The van der Waals surface area contributed by atoms with Crippen LogP contribution in [-0.4, -0.2) is 50.1 Å². The molecular weight excluding hydrogens is 277 g/mol. The van der Waals surface area contributed by atoms with Crippen LogP contribution >= 0.6 is 11.6 Å². The second-order valence-electron chi connectivity index (χ2n) is 5.17. The van der Waals surface area contributed by atoms with Gasteiger partial charge in [0.05, 0.1) is 6.04 Å². The highest BCUT2D eigenvalue weighted by Gasteiger charge is 2.23. The summed E-state index contributed by atoms with van der Waals surface area (Å²) in [7, 11) is 4.09. The molecule has 1 atom stereocenters. The predicted molar refractivity (Wildman–Crippen MR) is 83.6 cm³/mol. The molecular formula is C15H25ClFN3. The van der Waals surface area contributed by atoms with Crippen LogP contribution in [0.5, 0.6) is 0 Å². The van der Waals surface area contributed by atoms with E-state index in [1.54, 1.807) is 12.1 Å². The summed E-state index contributed by atoms with van der Waals surface area (Å²) < 4.78 is 14.1. The minimum atomic E-state index is -0.279. The highest BCUT2D eigenvalue weighted by Crippen LogP contribution is 2.29. The van der Waals surface area contributed by atoms with Gasteiger partial charge in [-0.3, -0.25) is 4.90 Å². The van der Waals surface area contributed by atoms with Crippen molar-refractivity contribution in [3.05, 3.63) is 34.6 Å². The molecule has 2 N–H and O–H groups in total. The van der Waals surface area contributed by atoms with Gasteiger partial charge in [-0.05, 0) is 45.7 Å². The molecule has 0 saturated heterocycles. The van der Waals surface area contributed by atoms with E-state index in [4.69, 9.17) is 17.3 Å². The molecule has 1 rings (SSSR count). The van der Waals surface area contributed by atoms with Gasteiger partial charge in [0.25, 0.3) is 0 Å². The van der Waals surface area contributed by atoms with Gasteiger partial charge in [-0.2, -0.15) is 0 Å². The van der Waals surface area contributed by atoms with E-state index in [1.165, 1.54) is 6.07 Å². The summed E-state index contributed by atoms with van der Waals surface area (Å²) in [4.78, 5) is 4.33. The standard InChI is InChI=1S/C15H25ClFN3/c1-4-20(10-6-9-19(2)3)14(11-18)15-12(16)7-5-8-13(15)17/h5,7-8,14H,4,6,9-11,18H2,1-3H3. The van der Waals surface area contributed by atoms with E-state index in [1.807, 2.05) is 14.1 Å². The van der Waals surface area contributed by atoms with Gasteiger partial charge in [0.15, 0.2) is 0 Å². The van der Waals surface area contributed by atoms with Gasteiger partial charge in [-0.1, -0.05) is 24.6 Å². The van der Waals surface area contributed by atoms with Crippen molar-refractivity contribution in [3.63, 3.8) is 0 Å². The lowest BCUT2D eigenvalue weighted by molar-refractivity contribution is 0.198. The zero-order valence-corrected chi connectivity index (χ0v) is 13.3. The molecule has 114 valence electrons. The van der Waals surface area contributed by atoms with Gasteiger partial charge in [-0.15, -0.1) is 0 Å². The van der Waals surface area contributed by atoms with E-state index >= 15 is 0 Å². The molecule has 0 fully saturated rings. The van der Waals surface area contributed by atoms with E-state index in [9.17, 15) is 4.39 Å². The first-order chi connectivity index (χ1) is 9.51. The van der Waals surface area contributed by atoms with E-state index < -0.39 is 0 Å². The van der Waals surface area contributed by atoms with Crippen molar-refractivity contribution in [2.45, 2.75) is 19.4 Å². The first kappa shape index (κ1) is 17.4. The fourth-order valence-corrected chi connectivity index (χ4v) is 2.69. The maximum Gasteiger partial charge on any atom is 0.129 e. The highest BCUT2D eigenvalue weighted by atomic mass is 35.5. The van der Waals surface area contributed by atoms with Gasteiger partial charge in [0, 0.05) is 23.7 Å². The van der Waals surface area contributed by atoms with Crippen LogP contribution in [0.1, 0.15) is 24.9 Å². The van der Waals surface area contributed by atoms with Gasteiger partial charge >= 0.3 is 0 Å². The molecule has 0 heterocycles. The second-order valence-corrected chi connectivity index (χ2v) is 5.58. The quantitative estimate of drug-likeness (QED) is 0.801. The zero-order chi connectivity index (χ0) is 15.1. The zero-order valence-electron chi connectivity index (χ0n) is 12.6. The first-order valence-corrected chi connectivity index (χ1v) is 7.41. The van der Waals surface area contributed by atoms with Crippen molar-refractivity contribution in [2.75, 3.05) is 40.3 Å². The van der Waals surface area contributed by atoms with Crippen molar-refractivity contribution >= 4 is 11.6 Å². The highest BCUT2D eigenvalue weighted by molar-refractivity contribution is 6.31. The third kappa shape index (κ3) is 4.70. The fourth-order valence-electron chi connectivity index (χ4n) is 2.40. The Balaban J connectivity index is 2.86. The maximum absolute atomic E-state index is 14.1. The van der Waals surface area contributed by atoms with Gasteiger partial charge in [-0.25, -0.2) is 4.39 Å². The van der Waals surface area contributed by atoms with Crippen LogP contribution in [0.3, 0.4) is 0 Å². The monoisotopic (exact) mass is 301 g/mol. The SMILES string of the molecule is CCN(CCCN(C)C)C(CN)c1c(F)cccc1Cl. The molecule has 0 bridgehead atoms. The van der Waals surface area contributed by atoms with Gasteiger partial charge in [0.2, 0.25) is 0 Å². The number of hydrogen-bond acceptors (Lipinski definition) is 3. The molecule has 0 aliphatic heterocycles. The van der Waals surface area contributed by atoms with Crippen LogP contribution < -0.4 is 5.73 Å².